The fourth-order valence-electron chi connectivity index (χ4n) is 2.35. The van der Waals surface area contributed by atoms with Gasteiger partial charge in [0, 0.05) is 45.0 Å². The van der Waals surface area contributed by atoms with Crippen LogP contribution in [0.25, 0.3) is 0 Å². The molecule has 1 saturated carbocycles. The van der Waals surface area contributed by atoms with Gasteiger partial charge in [0.25, 0.3) is 0 Å². The predicted molar refractivity (Wildman–Crippen MR) is 84.8 cm³/mol. The zero-order chi connectivity index (χ0) is 16.2. The molecule has 6 nitrogen and oxygen atoms in total. The molecular formula is C15H23N3O3S. The van der Waals surface area contributed by atoms with Crippen molar-refractivity contribution in [3.8, 4) is 0 Å². The van der Waals surface area contributed by atoms with Crippen LogP contribution in [0.4, 0.5) is 0 Å². The second kappa shape index (κ2) is 7.19. The van der Waals surface area contributed by atoms with E-state index in [1.54, 1.807) is 24.3 Å². The highest BCUT2D eigenvalue weighted by molar-refractivity contribution is 7.88. The Bertz CT molecular complexity index is 600. The summed E-state index contributed by atoms with van der Waals surface area (Å²) in [7, 11) is -1.47. The first-order valence-corrected chi connectivity index (χ1v) is 9.32. The van der Waals surface area contributed by atoms with Crippen molar-refractivity contribution >= 4 is 15.9 Å². The maximum atomic E-state index is 12.1. The molecular weight excluding hydrogens is 302 g/mol. The number of sulfonamides is 1. The molecule has 2 rings (SSSR count). The van der Waals surface area contributed by atoms with Gasteiger partial charge in [-0.25, -0.2) is 8.42 Å². The SMILES string of the molecule is CN(CCc1ccncc1)C(=O)CCN(C1CC1)S(C)(=O)=O. The number of rotatable bonds is 8. The smallest absolute Gasteiger partial charge is 0.223 e. The minimum atomic E-state index is -3.22. The number of aromatic nitrogens is 1. The summed E-state index contributed by atoms with van der Waals surface area (Å²) in [6.07, 6.45) is 7.48. The zero-order valence-electron chi connectivity index (χ0n) is 13.1. The van der Waals surface area contributed by atoms with E-state index in [4.69, 9.17) is 0 Å². The number of carbonyl (C=O) groups excluding carboxylic acids is 1. The zero-order valence-corrected chi connectivity index (χ0v) is 13.9. The molecule has 122 valence electrons. The van der Waals surface area contributed by atoms with Gasteiger partial charge in [-0.1, -0.05) is 0 Å². The van der Waals surface area contributed by atoms with Crippen LogP contribution in [0, 0.1) is 0 Å². The number of likely N-dealkylation sites (N-methyl/N-ethyl adjacent to an activating group) is 1. The molecule has 0 saturated heterocycles. The van der Waals surface area contributed by atoms with E-state index in [9.17, 15) is 13.2 Å². The summed E-state index contributed by atoms with van der Waals surface area (Å²) in [4.78, 5) is 17.8. The van der Waals surface area contributed by atoms with Crippen molar-refractivity contribution in [1.29, 1.82) is 0 Å². The largest absolute Gasteiger partial charge is 0.345 e. The van der Waals surface area contributed by atoms with Gasteiger partial charge in [0.2, 0.25) is 15.9 Å². The molecule has 0 aliphatic heterocycles. The third-order valence-corrected chi connectivity index (χ3v) is 5.17. The summed E-state index contributed by atoms with van der Waals surface area (Å²) in [5.41, 5.74) is 1.13. The van der Waals surface area contributed by atoms with E-state index >= 15 is 0 Å². The molecule has 0 N–H and O–H groups in total. The average Bonchev–Trinajstić information content (AvgIpc) is 3.29. The molecule has 1 aromatic rings. The number of hydrogen-bond acceptors (Lipinski definition) is 4. The highest BCUT2D eigenvalue weighted by atomic mass is 32.2. The Balaban J connectivity index is 1.78. The molecule has 22 heavy (non-hydrogen) atoms. The first-order chi connectivity index (χ1) is 10.4. The van der Waals surface area contributed by atoms with Gasteiger partial charge in [-0.15, -0.1) is 0 Å². The standard InChI is InChI=1S/C15H23N3O3S/c1-17(11-7-13-5-9-16-10-6-13)15(19)8-12-18(14-3-4-14)22(2,20)21/h5-6,9-10,14H,3-4,7-8,11-12H2,1-2H3. The van der Waals surface area contributed by atoms with Crippen molar-refractivity contribution in [1.82, 2.24) is 14.2 Å². The van der Waals surface area contributed by atoms with Gasteiger partial charge < -0.3 is 4.90 Å². The number of carbonyl (C=O) groups is 1. The Morgan fingerprint density at radius 2 is 1.91 bits per heavy atom. The molecule has 0 atom stereocenters. The third-order valence-electron chi connectivity index (χ3n) is 3.84. The first-order valence-electron chi connectivity index (χ1n) is 7.47. The van der Waals surface area contributed by atoms with Gasteiger partial charge in [0.05, 0.1) is 6.26 Å². The molecule has 0 unspecified atom stereocenters. The maximum Gasteiger partial charge on any atom is 0.223 e. The lowest BCUT2D eigenvalue weighted by atomic mass is 10.2. The van der Waals surface area contributed by atoms with Crippen LogP contribution in [0.1, 0.15) is 24.8 Å². The van der Waals surface area contributed by atoms with Crippen molar-refractivity contribution in [2.24, 2.45) is 0 Å². The van der Waals surface area contributed by atoms with Crippen LogP contribution in [-0.4, -0.2) is 60.9 Å². The van der Waals surface area contributed by atoms with Crippen molar-refractivity contribution in [3.63, 3.8) is 0 Å². The van der Waals surface area contributed by atoms with Crippen molar-refractivity contribution in [2.45, 2.75) is 31.7 Å². The molecule has 0 radical (unpaired) electrons. The van der Waals surface area contributed by atoms with Gasteiger partial charge in [0.1, 0.15) is 0 Å². The van der Waals surface area contributed by atoms with Crippen LogP contribution < -0.4 is 0 Å². The van der Waals surface area contributed by atoms with Crippen LogP contribution in [-0.2, 0) is 21.2 Å². The Labute approximate surface area is 132 Å². The number of hydrogen-bond donors (Lipinski definition) is 0. The van der Waals surface area contributed by atoms with E-state index in [1.807, 2.05) is 12.1 Å². The molecule has 0 aromatic carbocycles. The second-order valence-corrected chi connectivity index (χ2v) is 7.71. The van der Waals surface area contributed by atoms with E-state index in [1.165, 1.54) is 10.6 Å². The highest BCUT2D eigenvalue weighted by Crippen LogP contribution is 2.28. The minimum absolute atomic E-state index is 0.0247. The molecule has 0 bridgehead atoms. The third kappa shape index (κ3) is 5.06. The Morgan fingerprint density at radius 3 is 2.45 bits per heavy atom. The summed E-state index contributed by atoms with van der Waals surface area (Å²) >= 11 is 0. The molecule has 1 aliphatic carbocycles. The summed E-state index contributed by atoms with van der Waals surface area (Å²) < 4.78 is 24.9. The van der Waals surface area contributed by atoms with E-state index in [-0.39, 0.29) is 24.9 Å². The molecule has 1 aliphatic rings. The van der Waals surface area contributed by atoms with Crippen LogP contribution >= 0.6 is 0 Å². The fourth-order valence-corrected chi connectivity index (χ4v) is 3.52. The highest BCUT2D eigenvalue weighted by Gasteiger charge is 2.35. The molecule has 1 aromatic heterocycles. The number of amides is 1. The van der Waals surface area contributed by atoms with Crippen molar-refractivity contribution in [3.05, 3.63) is 30.1 Å². The van der Waals surface area contributed by atoms with Crippen LogP contribution in [0.2, 0.25) is 0 Å². The Kier molecular flexibility index (Phi) is 5.52. The molecule has 7 heteroatoms. The Morgan fingerprint density at radius 1 is 1.27 bits per heavy atom. The quantitative estimate of drug-likeness (QED) is 0.712. The molecule has 1 fully saturated rings. The first kappa shape index (κ1) is 16.9. The summed E-state index contributed by atoms with van der Waals surface area (Å²) in [6.45, 7) is 0.896. The summed E-state index contributed by atoms with van der Waals surface area (Å²) in [5.74, 6) is -0.0247. The fraction of sp³-hybridized carbons (Fsp3) is 0.600. The van der Waals surface area contributed by atoms with Gasteiger partial charge >= 0.3 is 0 Å². The van der Waals surface area contributed by atoms with Gasteiger partial charge in [-0.3, -0.25) is 9.78 Å². The normalized spacial score (nSPS) is 15.0. The monoisotopic (exact) mass is 325 g/mol. The van der Waals surface area contributed by atoms with Gasteiger partial charge in [-0.05, 0) is 37.0 Å². The second-order valence-electron chi connectivity index (χ2n) is 5.78. The van der Waals surface area contributed by atoms with Crippen molar-refractivity contribution < 1.29 is 13.2 Å². The summed E-state index contributed by atoms with van der Waals surface area (Å²) in [6, 6.07) is 3.96. The van der Waals surface area contributed by atoms with Gasteiger partial charge in [-0.2, -0.15) is 4.31 Å². The van der Waals surface area contributed by atoms with Gasteiger partial charge in [0.15, 0.2) is 0 Å². The molecule has 1 amide bonds. The van der Waals surface area contributed by atoms with E-state index in [0.717, 1.165) is 24.8 Å². The lowest BCUT2D eigenvalue weighted by Crippen LogP contribution is -2.37. The van der Waals surface area contributed by atoms with Crippen molar-refractivity contribution in [2.75, 3.05) is 26.4 Å². The van der Waals surface area contributed by atoms with E-state index in [2.05, 4.69) is 4.98 Å². The van der Waals surface area contributed by atoms with Crippen LogP contribution in [0.5, 0.6) is 0 Å². The number of nitrogens with zero attached hydrogens (tertiary/aromatic N) is 3. The predicted octanol–water partition coefficient (Wildman–Crippen LogP) is 0.897. The topological polar surface area (TPSA) is 70.6 Å². The molecule has 1 heterocycles. The average molecular weight is 325 g/mol. The van der Waals surface area contributed by atoms with Crippen LogP contribution in [0.15, 0.2) is 24.5 Å². The van der Waals surface area contributed by atoms with E-state index in [0.29, 0.717) is 6.54 Å². The van der Waals surface area contributed by atoms with Crippen LogP contribution in [0.3, 0.4) is 0 Å². The van der Waals surface area contributed by atoms with E-state index < -0.39 is 10.0 Å². The number of pyridine rings is 1. The summed E-state index contributed by atoms with van der Waals surface area (Å²) in [5, 5.41) is 0. The maximum absolute atomic E-state index is 12.1. The minimum Gasteiger partial charge on any atom is -0.345 e. The molecule has 0 spiro atoms. The lowest BCUT2D eigenvalue weighted by Gasteiger charge is -2.22. The lowest BCUT2D eigenvalue weighted by molar-refractivity contribution is -0.130. The Hall–Kier alpha value is -1.47.